The second-order valence-corrected chi connectivity index (χ2v) is 6.32. The standard InChI is InChI=1S/C17H27NO2/c1-18(13-17(14-19)10-5-6-11-17)12-9-16(20)15-7-3-2-4-8-15/h2-4,7-8,16,19-20H,5-6,9-14H2,1H3/t16-/m1/s1. The summed E-state index contributed by atoms with van der Waals surface area (Å²) in [6.45, 7) is 2.08. The molecule has 1 aromatic carbocycles. The van der Waals surface area contributed by atoms with Gasteiger partial charge >= 0.3 is 0 Å². The second-order valence-electron chi connectivity index (χ2n) is 6.32. The lowest BCUT2D eigenvalue weighted by atomic mass is 9.86. The van der Waals surface area contributed by atoms with E-state index in [4.69, 9.17) is 0 Å². The summed E-state index contributed by atoms with van der Waals surface area (Å²) in [5.74, 6) is 0. The average Bonchev–Trinajstić information content (AvgIpc) is 2.95. The molecule has 0 aliphatic heterocycles. The van der Waals surface area contributed by atoms with E-state index in [-0.39, 0.29) is 5.41 Å². The molecule has 1 aromatic rings. The Morgan fingerprint density at radius 3 is 2.45 bits per heavy atom. The molecule has 1 aliphatic rings. The number of nitrogens with zero attached hydrogens (tertiary/aromatic N) is 1. The van der Waals surface area contributed by atoms with E-state index in [9.17, 15) is 10.2 Å². The van der Waals surface area contributed by atoms with Gasteiger partial charge in [-0.1, -0.05) is 43.2 Å². The fourth-order valence-corrected chi connectivity index (χ4v) is 3.33. The summed E-state index contributed by atoms with van der Waals surface area (Å²) in [5.41, 5.74) is 1.09. The van der Waals surface area contributed by atoms with Gasteiger partial charge in [-0.05, 0) is 31.9 Å². The fraction of sp³-hybridized carbons (Fsp3) is 0.647. The zero-order valence-corrected chi connectivity index (χ0v) is 12.5. The number of hydrogen-bond acceptors (Lipinski definition) is 3. The van der Waals surface area contributed by atoms with Crippen LogP contribution in [0.4, 0.5) is 0 Å². The lowest BCUT2D eigenvalue weighted by molar-refractivity contribution is 0.0789. The van der Waals surface area contributed by atoms with Crippen LogP contribution in [0.2, 0.25) is 0 Å². The molecular weight excluding hydrogens is 250 g/mol. The van der Waals surface area contributed by atoms with E-state index in [1.807, 2.05) is 30.3 Å². The van der Waals surface area contributed by atoms with Gasteiger partial charge in [0.1, 0.15) is 0 Å². The van der Waals surface area contributed by atoms with E-state index >= 15 is 0 Å². The molecule has 0 saturated heterocycles. The molecule has 3 heteroatoms. The van der Waals surface area contributed by atoms with Crippen molar-refractivity contribution in [2.24, 2.45) is 5.41 Å². The predicted molar refractivity (Wildman–Crippen MR) is 81.5 cm³/mol. The van der Waals surface area contributed by atoms with Crippen LogP contribution in [0.15, 0.2) is 30.3 Å². The zero-order valence-electron chi connectivity index (χ0n) is 12.5. The van der Waals surface area contributed by atoms with Gasteiger partial charge in [-0.2, -0.15) is 0 Å². The normalized spacial score (nSPS) is 19.4. The van der Waals surface area contributed by atoms with E-state index in [0.29, 0.717) is 6.61 Å². The van der Waals surface area contributed by atoms with Crippen molar-refractivity contribution >= 4 is 0 Å². The Balaban J connectivity index is 1.79. The quantitative estimate of drug-likeness (QED) is 0.805. The zero-order chi connectivity index (χ0) is 14.4. The largest absolute Gasteiger partial charge is 0.396 e. The maximum atomic E-state index is 10.2. The van der Waals surface area contributed by atoms with E-state index < -0.39 is 6.10 Å². The lowest BCUT2D eigenvalue weighted by Gasteiger charge is -2.32. The second kappa shape index (κ2) is 7.21. The SMILES string of the molecule is CN(CC[C@@H](O)c1ccccc1)CC1(CO)CCCC1. The Kier molecular flexibility index (Phi) is 5.58. The molecule has 0 aromatic heterocycles. The third-order valence-electron chi connectivity index (χ3n) is 4.57. The van der Waals surface area contributed by atoms with Crippen molar-refractivity contribution in [2.75, 3.05) is 26.7 Å². The first-order valence-corrected chi connectivity index (χ1v) is 7.68. The van der Waals surface area contributed by atoms with Crippen LogP contribution in [0, 0.1) is 5.41 Å². The molecule has 2 rings (SSSR count). The van der Waals surface area contributed by atoms with Crippen molar-refractivity contribution in [1.82, 2.24) is 4.90 Å². The van der Waals surface area contributed by atoms with Gasteiger partial charge in [-0.15, -0.1) is 0 Å². The lowest BCUT2D eigenvalue weighted by Crippen LogP contribution is -2.37. The van der Waals surface area contributed by atoms with Gasteiger partial charge in [-0.3, -0.25) is 0 Å². The van der Waals surface area contributed by atoms with Crippen LogP contribution in [-0.2, 0) is 0 Å². The van der Waals surface area contributed by atoms with Gasteiger partial charge in [0.15, 0.2) is 0 Å². The summed E-state index contributed by atoms with van der Waals surface area (Å²) in [6.07, 6.45) is 5.08. The van der Waals surface area contributed by atoms with Crippen molar-refractivity contribution in [2.45, 2.75) is 38.2 Å². The smallest absolute Gasteiger partial charge is 0.0802 e. The summed E-state index contributed by atoms with van der Waals surface area (Å²) >= 11 is 0. The van der Waals surface area contributed by atoms with Crippen molar-refractivity contribution in [1.29, 1.82) is 0 Å². The number of aliphatic hydroxyl groups is 2. The monoisotopic (exact) mass is 277 g/mol. The summed E-state index contributed by atoms with van der Waals surface area (Å²) in [5, 5.41) is 19.8. The van der Waals surface area contributed by atoms with Gasteiger partial charge in [0.25, 0.3) is 0 Å². The number of rotatable bonds is 7. The fourth-order valence-electron chi connectivity index (χ4n) is 3.33. The van der Waals surface area contributed by atoms with E-state index in [1.54, 1.807) is 0 Å². The molecule has 20 heavy (non-hydrogen) atoms. The van der Waals surface area contributed by atoms with Gasteiger partial charge < -0.3 is 15.1 Å². The molecule has 0 heterocycles. The van der Waals surface area contributed by atoms with Crippen LogP contribution in [0.1, 0.15) is 43.8 Å². The molecule has 1 aliphatic carbocycles. The molecule has 1 saturated carbocycles. The molecule has 1 atom stereocenters. The number of benzene rings is 1. The summed E-state index contributed by atoms with van der Waals surface area (Å²) in [6, 6.07) is 9.82. The maximum absolute atomic E-state index is 10.2. The highest BCUT2D eigenvalue weighted by Gasteiger charge is 2.34. The van der Waals surface area contributed by atoms with Crippen LogP contribution in [-0.4, -0.2) is 41.9 Å². The third kappa shape index (κ3) is 4.05. The van der Waals surface area contributed by atoms with E-state index in [2.05, 4.69) is 11.9 Å². The Labute approximate surface area is 122 Å². The summed E-state index contributed by atoms with van der Waals surface area (Å²) in [7, 11) is 2.09. The van der Waals surface area contributed by atoms with Crippen molar-refractivity contribution in [3.8, 4) is 0 Å². The van der Waals surface area contributed by atoms with Gasteiger partial charge in [0.05, 0.1) is 6.10 Å². The highest BCUT2D eigenvalue weighted by Crippen LogP contribution is 2.38. The highest BCUT2D eigenvalue weighted by atomic mass is 16.3. The molecule has 0 unspecified atom stereocenters. The van der Waals surface area contributed by atoms with Crippen LogP contribution >= 0.6 is 0 Å². The van der Waals surface area contributed by atoms with E-state index in [0.717, 1.165) is 37.9 Å². The number of aliphatic hydroxyl groups excluding tert-OH is 2. The van der Waals surface area contributed by atoms with Gasteiger partial charge in [0, 0.05) is 25.1 Å². The minimum absolute atomic E-state index is 0.104. The molecule has 1 fully saturated rings. The Hall–Kier alpha value is -0.900. The molecule has 0 spiro atoms. The van der Waals surface area contributed by atoms with Gasteiger partial charge in [-0.25, -0.2) is 0 Å². The molecule has 0 bridgehead atoms. The van der Waals surface area contributed by atoms with Crippen LogP contribution in [0.3, 0.4) is 0 Å². The first-order valence-electron chi connectivity index (χ1n) is 7.68. The van der Waals surface area contributed by atoms with Crippen molar-refractivity contribution < 1.29 is 10.2 Å². The Morgan fingerprint density at radius 2 is 1.85 bits per heavy atom. The first kappa shape index (κ1) is 15.5. The highest BCUT2D eigenvalue weighted by molar-refractivity contribution is 5.17. The predicted octanol–water partition coefficient (Wildman–Crippen LogP) is 2.59. The van der Waals surface area contributed by atoms with Crippen molar-refractivity contribution in [3.63, 3.8) is 0 Å². The molecule has 112 valence electrons. The van der Waals surface area contributed by atoms with E-state index in [1.165, 1.54) is 12.8 Å². The molecule has 0 radical (unpaired) electrons. The summed E-state index contributed by atoms with van der Waals surface area (Å²) in [4.78, 5) is 2.26. The number of hydrogen-bond donors (Lipinski definition) is 2. The Bertz CT molecular complexity index is 387. The van der Waals surface area contributed by atoms with Crippen LogP contribution < -0.4 is 0 Å². The maximum Gasteiger partial charge on any atom is 0.0802 e. The third-order valence-corrected chi connectivity index (χ3v) is 4.57. The molecule has 3 nitrogen and oxygen atoms in total. The average molecular weight is 277 g/mol. The molecule has 0 amide bonds. The topological polar surface area (TPSA) is 43.7 Å². The minimum Gasteiger partial charge on any atom is -0.396 e. The first-order chi connectivity index (χ1) is 9.65. The van der Waals surface area contributed by atoms with Gasteiger partial charge in [0.2, 0.25) is 0 Å². The molecule has 2 N–H and O–H groups in total. The van der Waals surface area contributed by atoms with Crippen LogP contribution in [0.25, 0.3) is 0 Å². The Morgan fingerprint density at radius 1 is 1.20 bits per heavy atom. The summed E-state index contributed by atoms with van der Waals surface area (Å²) < 4.78 is 0. The van der Waals surface area contributed by atoms with Crippen LogP contribution in [0.5, 0.6) is 0 Å². The minimum atomic E-state index is -0.396. The molecular formula is C17H27NO2. The van der Waals surface area contributed by atoms with Crippen molar-refractivity contribution in [3.05, 3.63) is 35.9 Å².